The zero-order chi connectivity index (χ0) is 15.6. The molecule has 0 N–H and O–H groups in total. The number of ketones is 1. The van der Waals surface area contributed by atoms with Crippen molar-refractivity contribution in [3.05, 3.63) is 35.4 Å². The Kier molecular flexibility index (Phi) is 5.11. The average molecular weight is 327 g/mol. The van der Waals surface area contributed by atoms with Gasteiger partial charge in [0.15, 0.2) is 15.6 Å². The molecule has 2 unspecified atom stereocenters. The van der Waals surface area contributed by atoms with Crippen LogP contribution in [0.4, 0.5) is 0 Å². The number of carbonyl (C=O) groups excluding carboxylic acids is 1. The minimum Gasteiger partial charge on any atom is -0.292 e. The molecule has 4 nitrogen and oxygen atoms in total. The van der Waals surface area contributed by atoms with E-state index in [0.717, 1.165) is 11.3 Å². The zero-order valence-corrected chi connectivity index (χ0v) is 14.2. The standard InChI is InChI=1S/C15H21NO3S2/c1-11-4-6-13(7-5-11)15(17)12(2)16-8-9-20-10-14(16)21(3,18)19/h4-7,12,14H,8-10H2,1-3H3. The van der Waals surface area contributed by atoms with Gasteiger partial charge in [0.2, 0.25) is 0 Å². The monoisotopic (exact) mass is 327 g/mol. The second-order valence-corrected chi connectivity index (χ2v) is 8.86. The van der Waals surface area contributed by atoms with Crippen LogP contribution >= 0.6 is 11.8 Å². The number of Topliss-reactive ketones (excluding diaryl/α,β-unsaturated/α-hetero) is 1. The van der Waals surface area contributed by atoms with E-state index in [2.05, 4.69) is 0 Å². The molecule has 6 heteroatoms. The molecule has 0 aliphatic carbocycles. The van der Waals surface area contributed by atoms with E-state index in [0.29, 0.717) is 17.9 Å². The van der Waals surface area contributed by atoms with Crippen LogP contribution in [0.2, 0.25) is 0 Å². The Balaban J connectivity index is 2.22. The number of hydrogen-bond acceptors (Lipinski definition) is 5. The van der Waals surface area contributed by atoms with Crippen molar-refractivity contribution in [2.75, 3.05) is 24.3 Å². The second-order valence-electron chi connectivity index (χ2n) is 5.50. The van der Waals surface area contributed by atoms with Crippen LogP contribution in [-0.2, 0) is 9.84 Å². The van der Waals surface area contributed by atoms with E-state index in [1.807, 2.05) is 36.1 Å². The third-order valence-corrected chi connectivity index (χ3v) is 6.49. The molecule has 0 saturated carbocycles. The van der Waals surface area contributed by atoms with Gasteiger partial charge in [-0.1, -0.05) is 29.8 Å². The summed E-state index contributed by atoms with van der Waals surface area (Å²) in [5, 5.41) is -0.569. The van der Waals surface area contributed by atoms with Gasteiger partial charge in [-0.15, -0.1) is 0 Å². The van der Waals surface area contributed by atoms with Gasteiger partial charge in [-0.2, -0.15) is 11.8 Å². The highest BCUT2D eigenvalue weighted by Crippen LogP contribution is 2.24. The summed E-state index contributed by atoms with van der Waals surface area (Å²) in [6.45, 7) is 4.40. The maximum absolute atomic E-state index is 12.6. The molecular weight excluding hydrogens is 306 g/mol. The van der Waals surface area contributed by atoms with E-state index in [9.17, 15) is 13.2 Å². The Labute approximate surface area is 130 Å². The molecule has 116 valence electrons. The molecule has 0 aromatic heterocycles. The predicted octanol–water partition coefficient (Wildman–Crippen LogP) is 1.99. The maximum Gasteiger partial charge on any atom is 0.179 e. The van der Waals surface area contributed by atoms with Crippen LogP contribution in [0.25, 0.3) is 0 Å². The SMILES string of the molecule is Cc1ccc(C(=O)C(C)N2CCSCC2S(C)(=O)=O)cc1. The van der Waals surface area contributed by atoms with E-state index >= 15 is 0 Å². The molecule has 2 atom stereocenters. The number of hydrogen-bond donors (Lipinski definition) is 0. The van der Waals surface area contributed by atoms with E-state index < -0.39 is 21.3 Å². The summed E-state index contributed by atoms with van der Waals surface area (Å²) in [5.41, 5.74) is 1.74. The largest absolute Gasteiger partial charge is 0.292 e. The van der Waals surface area contributed by atoms with E-state index in [1.54, 1.807) is 18.7 Å². The van der Waals surface area contributed by atoms with Crippen molar-refractivity contribution in [1.29, 1.82) is 0 Å². The van der Waals surface area contributed by atoms with Gasteiger partial charge in [0.1, 0.15) is 5.37 Å². The molecule has 0 spiro atoms. The number of aryl methyl sites for hydroxylation is 1. The van der Waals surface area contributed by atoms with Crippen molar-refractivity contribution in [3.63, 3.8) is 0 Å². The molecule has 0 amide bonds. The lowest BCUT2D eigenvalue weighted by atomic mass is 10.0. The summed E-state index contributed by atoms with van der Waals surface area (Å²) in [7, 11) is -3.19. The fourth-order valence-corrected chi connectivity index (χ4v) is 5.47. The molecule has 1 heterocycles. The molecule has 1 aliphatic rings. The molecule has 1 aliphatic heterocycles. The van der Waals surface area contributed by atoms with Gasteiger partial charge >= 0.3 is 0 Å². The number of carbonyl (C=O) groups is 1. The Morgan fingerprint density at radius 1 is 1.33 bits per heavy atom. The van der Waals surface area contributed by atoms with Gasteiger partial charge in [-0.25, -0.2) is 8.42 Å². The summed E-state index contributed by atoms with van der Waals surface area (Å²) in [5.74, 6) is 1.37. The summed E-state index contributed by atoms with van der Waals surface area (Å²) in [6.07, 6.45) is 1.25. The van der Waals surface area contributed by atoms with Crippen molar-refractivity contribution >= 4 is 27.4 Å². The zero-order valence-electron chi connectivity index (χ0n) is 12.6. The van der Waals surface area contributed by atoms with Crippen LogP contribution in [-0.4, -0.2) is 54.8 Å². The van der Waals surface area contributed by atoms with Crippen LogP contribution in [0.5, 0.6) is 0 Å². The molecule has 21 heavy (non-hydrogen) atoms. The number of rotatable bonds is 4. The van der Waals surface area contributed by atoms with Crippen LogP contribution in [0.15, 0.2) is 24.3 Å². The van der Waals surface area contributed by atoms with Gasteiger partial charge in [-0.3, -0.25) is 9.69 Å². The fourth-order valence-electron chi connectivity index (χ4n) is 2.52. The number of nitrogens with zero attached hydrogens (tertiary/aromatic N) is 1. The van der Waals surface area contributed by atoms with Crippen molar-refractivity contribution in [2.45, 2.75) is 25.3 Å². The fraction of sp³-hybridized carbons (Fsp3) is 0.533. The molecule has 1 aromatic rings. The molecule has 1 fully saturated rings. The quantitative estimate of drug-likeness (QED) is 0.792. The lowest BCUT2D eigenvalue weighted by Crippen LogP contribution is -2.53. The predicted molar refractivity (Wildman–Crippen MR) is 87.6 cm³/mol. The smallest absolute Gasteiger partial charge is 0.179 e. The van der Waals surface area contributed by atoms with Crippen LogP contribution in [0, 0.1) is 6.92 Å². The molecule has 0 bridgehead atoms. The summed E-state index contributed by atoms with van der Waals surface area (Å²) in [4.78, 5) is 14.4. The van der Waals surface area contributed by atoms with Crippen molar-refractivity contribution in [1.82, 2.24) is 4.90 Å². The van der Waals surface area contributed by atoms with Gasteiger partial charge in [0.05, 0.1) is 6.04 Å². The topological polar surface area (TPSA) is 54.5 Å². The normalized spacial score (nSPS) is 22.0. The minimum atomic E-state index is -3.19. The van der Waals surface area contributed by atoms with Crippen LogP contribution in [0.1, 0.15) is 22.8 Å². The molecule has 1 saturated heterocycles. The van der Waals surface area contributed by atoms with Gasteiger partial charge in [0, 0.05) is 29.9 Å². The summed E-state index contributed by atoms with van der Waals surface area (Å²) < 4.78 is 23.9. The molecular formula is C15H21NO3S2. The summed E-state index contributed by atoms with van der Waals surface area (Å²) in [6, 6.07) is 7.00. The van der Waals surface area contributed by atoms with Crippen molar-refractivity contribution < 1.29 is 13.2 Å². The second kappa shape index (κ2) is 6.50. The molecule has 0 radical (unpaired) electrons. The van der Waals surface area contributed by atoms with Crippen molar-refractivity contribution in [2.24, 2.45) is 0 Å². The number of sulfone groups is 1. The minimum absolute atomic E-state index is 0.0180. The number of thioether (sulfide) groups is 1. The highest BCUT2D eigenvalue weighted by atomic mass is 32.2. The lowest BCUT2D eigenvalue weighted by Gasteiger charge is -2.37. The maximum atomic E-state index is 12.6. The first kappa shape index (κ1) is 16.5. The lowest BCUT2D eigenvalue weighted by molar-refractivity contribution is 0.0833. The van der Waals surface area contributed by atoms with E-state index in [-0.39, 0.29) is 5.78 Å². The highest BCUT2D eigenvalue weighted by molar-refractivity contribution is 8.00. The Hall–Kier alpha value is -0.850. The van der Waals surface area contributed by atoms with Gasteiger partial charge < -0.3 is 0 Å². The highest BCUT2D eigenvalue weighted by Gasteiger charge is 2.36. The molecule has 2 rings (SSSR count). The first-order valence-electron chi connectivity index (χ1n) is 6.94. The van der Waals surface area contributed by atoms with E-state index in [1.165, 1.54) is 6.26 Å². The number of benzene rings is 1. The van der Waals surface area contributed by atoms with Gasteiger partial charge in [-0.05, 0) is 13.8 Å². The average Bonchev–Trinajstić information content (AvgIpc) is 2.45. The third kappa shape index (κ3) is 3.87. The van der Waals surface area contributed by atoms with E-state index in [4.69, 9.17) is 0 Å². The Morgan fingerprint density at radius 3 is 2.52 bits per heavy atom. The van der Waals surface area contributed by atoms with Crippen LogP contribution < -0.4 is 0 Å². The Bertz CT molecular complexity index is 610. The first-order chi connectivity index (χ1) is 9.80. The third-order valence-electron chi connectivity index (χ3n) is 3.83. The Morgan fingerprint density at radius 2 is 1.95 bits per heavy atom. The summed E-state index contributed by atoms with van der Waals surface area (Å²) >= 11 is 1.63. The van der Waals surface area contributed by atoms with Crippen LogP contribution in [0.3, 0.4) is 0 Å². The van der Waals surface area contributed by atoms with Crippen molar-refractivity contribution in [3.8, 4) is 0 Å². The molecule has 1 aromatic carbocycles. The first-order valence-corrected chi connectivity index (χ1v) is 10.0. The van der Waals surface area contributed by atoms with Gasteiger partial charge in [0.25, 0.3) is 0 Å².